The van der Waals surface area contributed by atoms with Crippen LogP contribution in [-0.2, 0) is 14.8 Å². The van der Waals surface area contributed by atoms with Crippen LogP contribution in [0.15, 0.2) is 82.8 Å². The number of hydrazone groups is 1. The second-order valence-corrected chi connectivity index (χ2v) is 11.8. The van der Waals surface area contributed by atoms with E-state index in [-0.39, 0.29) is 4.90 Å². The van der Waals surface area contributed by atoms with Gasteiger partial charge >= 0.3 is 0 Å². The zero-order chi connectivity index (χ0) is 29.7. The summed E-state index contributed by atoms with van der Waals surface area (Å²) >= 11 is 0. The Morgan fingerprint density at radius 2 is 1.61 bits per heavy atom. The van der Waals surface area contributed by atoms with Crippen molar-refractivity contribution in [3.63, 3.8) is 0 Å². The van der Waals surface area contributed by atoms with E-state index in [1.807, 2.05) is 33.8 Å². The Balaban J connectivity index is 1.56. The Bertz CT molecular complexity index is 1670. The van der Waals surface area contributed by atoms with E-state index in [9.17, 15) is 13.2 Å². The van der Waals surface area contributed by atoms with Gasteiger partial charge < -0.3 is 9.30 Å². The van der Waals surface area contributed by atoms with E-state index in [2.05, 4.69) is 47.1 Å². The summed E-state index contributed by atoms with van der Waals surface area (Å²) in [6.07, 6.45) is 1.58. The average Bonchev–Trinajstić information content (AvgIpc) is 3.22. The van der Waals surface area contributed by atoms with E-state index in [1.165, 1.54) is 23.3 Å². The number of hydrogen-bond acceptors (Lipinski definition) is 5. The summed E-state index contributed by atoms with van der Waals surface area (Å²) in [5.41, 5.74) is 10.1. The molecule has 1 N–H and O–H groups in total. The van der Waals surface area contributed by atoms with Gasteiger partial charge in [-0.3, -0.25) is 9.10 Å². The van der Waals surface area contributed by atoms with Crippen molar-refractivity contribution in [3.8, 4) is 11.4 Å². The molecular formula is C32H36N4O4S. The Labute approximate surface area is 242 Å². The van der Waals surface area contributed by atoms with E-state index in [0.717, 1.165) is 32.5 Å². The molecular weight excluding hydrogens is 536 g/mol. The molecule has 0 atom stereocenters. The van der Waals surface area contributed by atoms with Crippen LogP contribution in [0, 0.1) is 34.6 Å². The topological polar surface area (TPSA) is 93.0 Å². The van der Waals surface area contributed by atoms with Crippen molar-refractivity contribution in [1.29, 1.82) is 0 Å². The van der Waals surface area contributed by atoms with Gasteiger partial charge in [0.25, 0.3) is 15.9 Å². The van der Waals surface area contributed by atoms with Gasteiger partial charge in [-0.25, -0.2) is 13.8 Å². The van der Waals surface area contributed by atoms with Crippen molar-refractivity contribution in [2.75, 3.05) is 17.5 Å². The Morgan fingerprint density at radius 1 is 0.927 bits per heavy atom. The molecule has 0 aliphatic rings. The molecule has 1 amide bonds. The van der Waals surface area contributed by atoms with Gasteiger partial charge in [-0.15, -0.1) is 0 Å². The lowest BCUT2D eigenvalue weighted by Crippen LogP contribution is -2.39. The highest BCUT2D eigenvalue weighted by atomic mass is 32.2. The van der Waals surface area contributed by atoms with Crippen LogP contribution >= 0.6 is 0 Å². The maximum Gasteiger partial charge on any atom is 0.264 e. The van der Waals surface area contributed by atoms with E-state index >= 15 is 0 Å². The number of anilines is 1. The second kappa shape index (κ2) is 12.4. The molecule has 9 heteroatoms. The lowest BCUT2D eigenvalue weighted by atomic mass is 10.1. The van der Waals surface area contributed by atoms with Crippen molar-refractivity contribution in [1.82, 2.24) is 9.99 Å². The van der Waals surface area contributed by atoms with Gasteiger partial charge in [-0.2, -0.15) is 5.10 Å². The molecule has 0 aliphatic carbocycles. The molecule has 3 aromatic carbocycles. The van der Waals surface area contributed by atoms with Crippen LogP contribution in [-0.4, -0.2) is 38.3 Å². The number of aryl methyl sites for hydroxylation is 4. The molecule has 0 radical (unpaired) electrons. The van der Waals surface area contributed by atoms with E-state index in [0.29, 0.717) is 18.0 Å². The molecule has 0 aliphatic heterocycles. The number of ether oxygens (including phenoxy) is 1. The minimum Gasteiger partial charge on any atom is -0.494 e. The van der Waals surface area contributed by atoms with Crippen LogP contribution < -0.4 is 14.5 Å². The predicted molar refractivity (Wildman–Crippen MR) is 164 cm³/mol. The number of carbonyl (C=O) groups excluding carboxylic acids is 1. The molecule has 0 saturated heterocycles. The summed E-state index contributed by atoms with van der Waals surface area (Å²) in [6, 6.07) is 21.4. The van der Waals surface area contributed by atoms with E-state index in [4.69, 9.17) is 4.74 Å². The molecule has 4 aromatic rings. The molecule has 0 spiro atoms. The highest BCUT2D eigenvalue weighted by molar-refractivity contribution is 7.92. The fourth-order valence-corrected chi connectivity index (χ4v) is 5.97. The van der Waals surface area contributed by atoms with E-state index < -0.39 is 22.5 Å². The number of amides is 1. The minimum atomic E-state index is -4.04. The van der Waals surface area contributed by atoms with Gasteiger partial charge in [0.1, 0.15) is 12.3 Å². The normalized spacial score (nSPS) is 11.6. The molecule has 0 saturated carbocycles. The van der Waals surface area contributed by atoms with Crippen molar-refractivity contribution in [2.45, 2.75) is 46.4 Å². The van der Waals surface area contributed by atoms with E-state index in [1.54, 1.807) is 42.6 Å². The van der Waals surface area contributed by atoms with Gasteiger partial charge in [-0.05, 0) is 107 Å². The number of sulfonamides is 1. The van der Waals surface area contributed by atoms with Gasteiger partial charge in [0.05, 0.1) is 23.4 Å². The summed E-state index contributed by atoms with van der Waals surface area (Å²) in [5.74, 6) is 0.0326. The summed E-state index contributed by atoms with van der Waals surface area (Å²) in [5, 5.41) is 4.15. The number of aromatic nitrogens is 1. The monoisotopic (exact) mass is 572 g/mol. The number of nitrogens with zero attached hydrogens (tertiary/aromatic N) is 3. The number of hydrogen-bond donors (Lipinski definition) is 1. The van der Waals surface area contributed by atoms with Gasteiger partial charge in [0, 0.05) is 22.6 Å². The minimum absolute atomic E-state index is 0.0899. The van der Waals surface area contributed by atoms with Gasteiger partial charge in [0.15, 0.2) is 0 Å². The van der Waals surface area contributed by atoms with Crippen LogP contribution in [0.2, 0.25) is 0 Å². The molecule has 0 unspecified atom stereocenters. The van der Waals surface area contributed by atoms with Crippen molar-refractivity contribution in [3.05, 3.63) is 106 Å². The first-order valence-electron chi connectivity index (χ1n) is 13.4. The number of nitrogens with one attached hydrogen (secondary N) is 1. The third-order valence-electron chi connectivity index (χ3n) is 6.94. The maximum atomic E-state index is 13.6. The Kier molecular flexibility index (Phi) is 8.98. The van der Waals surface area contributed by atoms with Gasteiger partial charge in [0.2, 0.25) is 0 Å². The zero-order valence-corrected chi connectivity index (χ0v) is 25.1. The van der Waals surface area contributed by atoms with Crippen LogP contribution in [0.25, 0.3) is 5.69 Å². The fraction of sp³-hybridized carbons (Fsp3) is 0.250. The molecule has 8 nitrogen and oxygen atoms in total. The standard InChI is InChI=1S/C32H36N4O4S/c1-7-40-30-14-12-28(13-15-30)35(41(38,39)31-16-8-22(2)9-17-31)21-32(37)34-33-20-27-19-25(5)36(26(27)6)29-11-10-23(3)24(4)18-29/h8-20H,7,21H2,1-6H3,(H,34,37)/b33-20+. The number of rotatable bonds is 10. The summed E-state index contributed by atoms with van der Waals surface area (Å²) < 4.78 is 35.9. The molecule has 214 valence electrons. The molecule has 0 fully saturated rings. The first-order chi connectivity index (χ1) is 19.5. The number of carbonyl (C=O) groups is 1. The highest BCUT2D eigenvalue weighted by Gasteiger charge is 2.27. The third-order valence-corrected chi connectivity index (χ3v) is 8.73. The lowest BCUT2D eigenvalue weighted by molar-refractivity contribution is -0.119. The first-order valence-corrected chi connectivity index (χ1v) is 14.9. The Morgan fingerprint density at radius 3 is 2.24 bits per heavy atom. The fourth-order valence-electron chi connectivity index (χ4n) is 4.55. The molecule has 1 aromatic heterocycles. The smallest absolute Gasteiger partial charge is 0.264 e. The van der Waals surface area contributed by atoms with Crippen molar-refractivity contribution in [2.24, 2.45) is 5.10 Å². The van der Waals surface area contributed by atoms with Crippen LogP contribution in [0.1, 0.15) is 40.6 Å². The van der Waals surface area contributed by atoms with Crippen molar-refractivity contribution >= 4 is 27.8 Å². The highest BCUT2D eigenvalue weighted by Crippen LogP contribution is 2.26. The quantitative estimate of drug-likeness (QED) is 0.193. The van der Waals surface area contributed by atoms with Crippen LogP contribution in [0.3, 0.4) is 0 Å². The third kappa shape index (κ3) is 6.69. The maximum absolute atomic E-state index is 13.6. The average molecular weight is 573 g/mol. The number of benzene rings is 3. The summed E-state index contributed by atoms with van der Waals surface area (Å²) in [6.45, 7) is 12.0. The zero-order valence-electron chi connectivity index (χ0n) is 24.3. The summed E-state index contributed by atoms with van der Waals surface area (Å²) in [7, 11) is -4.04. The molecule has 4 rings (SSSR count). The van der Waals surface area contributed by atoms with Gasteiger partial charge in [-0.1, -0.05) is 23.8 Å². The molecule has 1 heterocycles. The predicted octanol–water partition coefficient (Wildman–Crippen LogP) is 5.76. The first kappa shape index (κ1) is 29.6. The SMILES string of the molecule is CCOc1ccc(N(CC(=O)N/N=C/c2cc(C)n(-c3ccc(C)c(C)c3)c2C)S(=O)(=O)c2ccc(C)cc2)cc1. The van der Waals surface area contributed by atoms with Crippen LogP contribution in [0.4, 0.5) is 5.69 Å². The molecule has 0 bridgehead atoms. The molecule has 41 heavy (non-hydrogen) atoms. The lowest BCUT2D eigenvalue weighted by Gasteiger charge is -2.24. The summed E-state index contributed by atoms with van der Waals surface area (Å²) in [4.78, 5) is 13.1. The Hall–Kier alpha value is -4.37. The largest absolute Gasteiger partial charge is 0.494 e. The van der Waals surface area contributed by atoms with Crippen LogP contribution in [0.5, 0.6) is 5.75 Å². The van der Waals surface area contributed by atoms with Crippen molar-refractivity contribution < 1.29 is 17.9 Å². The second-order valence-electron chi connectivity index (χ2n) is 9.98.